The van der Waals surface area contributed by atoms with Crippen LogP contribution in [-0.4, -0.2) is 31.2 Å². The molecule has 0 aliphatic carbocycles. The number of ether oxygens (including phenoxy) is 1. The lowest BCUT2D eigenvalue weighted by Gasteiger charge is -2.21. The number of carbonyl (C=O) groups excluding carboxylic acids is 1. The summed E-state index contributed by atoms with van der Waals surface area (Å²) in [5.74, 6) is 0.423. The van der Waals surface area contributed by atoms with E-state index in [0.29, 0.717) is 10.8 Å². The molecule has 0 saturated carbocycles. The number of aromatic nitrogens is 1. The van der Waals surface area contributed by atoms with Gasteiger partial charge in [-0.25, -0.2) is 9.78 Å². The van der Waals surface area contributed by atoms with E-state index in [9.17, 15) is 4.79 Å². The normalized spacial score (nSPS) is 15.4. The largest absolute Gasteiger partial charge is 0.465 e. The molecular weight excluding hydrogens is 295 g/mol. The lowest BCUT2D eigenvalue weighted by Crippen LogP contribution is -2.28. The SMILES string of the molecule is COC(=O)c1cnc(CC2CCNCC2)s1.Cl.Cl. The quantitative estimate of drug-likeness (QED) is 0.870. The molecule has 4 nitrogen and oxygen atoms in total. The number of rotatable bonds is 3. The topological polar surface area (TPSA) is 51.2 Å². The number of nitrogens with zero attached hydrogens (tertiary/aromatic N) is 1. The lowest BCUT2D eigenvalue weighted by molar-refractivity contribution is 0.0606. The average molecular weight is 313 g/mol. The first kappa shape index (κ1) is 17.6. The van der Waals surface area contributed by atoms with Crippen molar-refractivity contribution in [3.05, 3.63) is 16.1 Å². The highest BCUT2D eigenvalue weighted by atomic mass is 35.5. The molecule has 1 aliphatic rings. The molecule has 1 N–H and O–H groups in total. The number of nitrogens with one attached hydrogen (secondary N) is 1. The molecule has 1 aromatic rings. The van der Waals surface area contributed by atoms with E-state index in [1.54, 1.807) is 6.20 Å². The van der Waals surface area contributed by atoms with Gasteiger partial charge < -0.3 is 10.1 Å². The third kappa shape index (κ3) is 4.72. The molecule has 1 aliphatic heterocycles. The van der Waals surface area contributed by atoms with E-state index in [1.807, 2.05) is 0 Å². The second-order valence-electron chi connectivity index (χ2n) is 4.01. The van der Waals surface area contributed by atoms with E-state index in [0.717, 1.165) is 24.5 Å². The van der Waals surface area contributed by atoms with Gasteiger partial charge in [0.1, 0.15) is 4.88 Å². The van der Waals surface area contributed by atoms with Crippen LogP contribution in [0.4, 0.5) is 0 Å². The van der Waals surface area contributed by atoms with Gasteiger partial charge in [0, 0.05) is 6.42 Å². The van der Waals surface area contributed by atoms with E-state index < -0.39 is 0 Å². The summed E-state index contributed by atoms with van der Waals surface area (Å²) in [4.78, 5) is 16.1. The van der Waals surface area contributed by atoms with Gasteiger partial charge in [-0.15, -0.1) is 36.2 Å². The zero-order valence-electron chi connectivity index (χ0n) is 10.2. The third-order valence-electron chi connectivity index (χ3n) is 2.86. The molecule has 2 rings (SSSR count). The standard InChI is InChI=1S/C11H16N2O2S.2ClH/c1-15-11(14)9-7-13-10(16-9)6-8-2-4-12-5-3-8;;/h7-8,12H,2-6H2,1H3;2*1H. The summed E-state index contributed by atoms with van der Waals surface area (Å²) in [7, 11) is 1.40. The molecule has 0 amide bonds. The van der Waals surface area contributed by atoms with Crippen LogP contribution < -0.4 is 5.32 Å². The van der Waals surface area contributed by atoms with Crippen molar-refractivity contribution in [2.75, 3.05) is 20.2 Å². The van der Waals surface area contributed by atoms with Crippen LogP contribution in [0, 0.1) is 5.92 Å². The van der Waals surface area contributed by atoms with Crippen LogP contribution >= 0.6 is 36.2 Å². The minimum absolute atomic E-state index is 0. The summed E-state index contributed by atoms with van der Waals surface area (Å²) in [6.07, 6.45) is 5.01. The van der Waals surface area contributed by atoms with Crippen LogP contribution in [0.3, 0.4) is 0 Å². The number of thiazole rings is 1. The van der Waals surface area contributed by atoms with E-state index in [4.69, 9.17) is 0 Å². The van der Waals surface area contributed by atoms with Crippen LogP contribution in [-0.2, 0) is 11.2 Å². The van der Waals surface area contributed by atoms with Gasteiger partial charge in [0.25, 0.3) is 0 Å². The van der Waals surface area contributed by atoms with E-state index in [-0.39, 0.29) is 30.8 Å². The van der Waals surface area contributed by atoms with Crippen molar-refractivity contribution in [1.82, 2.24) is 10.3 Å². The Kier molecular flexibility index (Phi) is 8.52. The second-order valence-corrected chi connectivity index (χ2v) is 5.12. The van der Waals surface area contributed by atoms with Crippen molar-refractivity contribution in [3.8, 4) is 0 Å². The highest BCUT2D eigenvalue weighted by Gasteiger charge is 2.17. The first-order chi connectivity index (χ1) is 7.79. The molecule has 1 aromatic heterocycles. The molecule has 104 valence electrons. The maximum absolute atomic E-state index is 11.3. The minimum Gasteiger partial charge on any atom is -0.465 e. The number of halogens is 2. The fourth-order valence-corrected chi connectivity index (χ4v) is 2.88. The number of esters is 1. The first-order valence-electron chi connectivity index (χ1n) is 5.53. The predicted octanol–water partition coefficient (Wildman–Crippen LogP) is 2.32. The molecule has 0 radical (unpaired) electrons. The van der Waals surface area contributed by atoms with Crippen LogP contribution in [0.2, 0.25) is 0 Å². The summed E-state index contributed by atoms with van der Waals surface area (Å²) in [6.45, 7) is 2.19. The number of hydrogen-bond acceptors (Lipinski definition) is 5. The molecule has 18 heavy (non-hydrogen) atoms. The zero-order chi connectivity index (χ0) is 11.4. The first-order valence-corrected chi connectivity index (χ1v) is 6.35. The monoisotopic (exact) mass is 312 g/mol. The van der Waals surface area contributed by atoms with Crippen LogP contribution in [0.1, 0.15) is 27.5 Å². The fraction of sp³-hybridized carbons (Fsp3) is 0.636. The van der Waals surface area contributed by atoms with Crippen LogP contribution in [0.25, 0.3) is 0 Å². The highest BCUT2D eigenvalue weighted by molar-refractivity contribution is 7.13. The van der Waals surface area contributed by atoms with Gasteiger partial charge in [-0.3, -0.25) is 0 Å². The maximum Gasteiger partial charge on any atom is 0.349 e. The Hall–Kier alpha value is -0.360. The van der Waals surface area contributed by atoms with Crippen molar-refractivity contribution in [1.29, 1.82) is 0 Å². The Balaban J connectivity index is 0.00000144. The Morgan fingerprint density at radius 2 is 2.17 bits per heavy atom. The Morgan fingerprint density at radius 1 is 1.50 bits per heavy atom. The Labute approximate surface area is 123 Å². The molecule has 7 heteroatoms. The van der Waals surface area contributed by atoms with Crippen LogP contribution in [0.15, 0.2) is 6.20 Å². The Bertz CT molecular complexity index is 368. The molecule has 0 bridgehead atoms. The highest BCUT2D eigenvalue weighted by Crippen LogP contribution is 2.22. The molecule has 2 heterocycles. The van der Waals surface area contributed by atoms with Crippen molar-refractivity contribution < 1.29 is 9.53 Å². The van der Waals surface area contributed by atoms with Crippen molar-refractivity contribution in [3.63, 3.8) is 0 Å². The zero-order valence-corrected chi connectivity index (χ0v) is 12.6. The van der Waals surface area contributed by atoms with Gasteiger partial charge in [0.05, 0.1) is 18.3 Å². The van der Waals surface area contributed by atoms with Gasteiger partial charge in [0.15, 0.2) is 0 Å². The smallest absolute Gasteiger partial charge is 0.349 e. The van der Waals surface area contributed by atoms with E-state index >= 15 is 0 Å². The average Bonchev–Trinajstić information content (AvgIpc) is 2.78. The number of methoxy groups -OCH3 is 1. The lowest BCUT2D eigenvalue weighted by atomic mass is 9.95. The van der Waals surface area contributed by atoms with Gasteiger partial charge in [-0.1, -0.05) is 0 Å². The molecular formula is C11H18Cl2N2O2S. The number of piperidine rings is 1. The van der Waals surface area contributed by atoms with Crippen LogP contribution in [0.5, 0.6) is 0 Å². The van der Waals surface area contributed by atoms with Gasteiger partial charge in [0.2, 0.25) is 0 Å². The molecule has 1 saturated heterocycles. The molecule has 1 fully saturated rings. The molecule has 0 aromatic carbocycles. The van der Waals surface area contributed by atoms with E-state index in [2.05, 4.69) is 15.0 Å². The number of carbonyl (C=O) groups is 1. The Morgan fingerprint density at radius 3 is 2.78 bits per heavy atom. The summed E-state index contributed by atoms with van der Waals surface area (Å²) in [5, 5.41) is 4.39. The third-order valence-corrected chi connectivity index (χ3v) is 3.86. The van der Waals surface area contributed by atoms with Gasteiger partial charge in [-0.05, 0) is 31.8 Å². The van der Waals surface area contributed by atoms with Gasteiger partial charge in [-0.2, -0.15) is 0 Å². The van der Waals surface area contributed by atoms with Gasteiger partial charge >= 0.3 is 5.97 Å². The maximum atomic E-state index is 11.3. The van der Waals surface area contributed by atoms with Crippen molar-refractivity contribution in [2.45, 2.75) is 19.3 Å². The molecule has 0 atom stereocenters. The van der Waals surface area contributed by atoms with Crippen molar-refractivity contribution in [2.24, 2.45) is 5.92 Å². The molecule has 0 unspecified atom stereocenters. The minimum atomic E-state index is -0.283. The fourth-order valence-electron chi connectivity index (χ4n) is 1.93. The van der Waals surface area contributed by atoms with E-state index in [1.165, 1.54) is 31.3 Å². The summed E-state index contributed by atoms with van der Waals surface area (Å²) in [5.41, 5.74) is 0. The summed E-state index contributed by atoms with van der Waals surface area (Å²) >= 11 is 1.45. The predicted molar refractivity (Wildman–Crippen MR) is 77.2 cm³/mol. The second kappa shape index (κ2) is 8.69. The summed E-state index contributed by atoms with van der Waals surface area (Å²) < 4.78 is 4.66. The number of hydrogen-bond donors (Lipinski definition) is 1. The summed E-state index contributed by atoms with van der Waals surface area (Å²) in [6, 6.07) is 0. The van der Waals surface area contributed by atoms with Crippen molar-refractivity contribution >= 4 is 42.1 Å². The molecule has 0 spiro atoms.